The normalized spacial score (nSPS) is 18.7. The molecule has 2 N–H and O–H groups in total. The SMILES string of the molecule is CN1Cc2c(Br)cc3c(c2C1)NCN3. The summed E-state index contributed by atoms with van der Waals surface area (Å²) in [5.41, 5.74) is 5.41. The Hall–Kier alpha value is -0.740. The van der Waals surface area contributed by atoms with E-state index in [1.807, 2.05) is 0 Å². The number of nitrogens with one attached hydrogen (secondary N) is 2. The molecule has 2 aliphatic heterocycles. The molecule has 0 atom stereocenters. The molecule has 0 aromatic heterocycles. The predicted molar refractivity (Wildman–Crippen MR) is 61.4 cm³/mol. The fourth-order valence-electron chi connectivity index (χ4n) is 2.25. The molecule has 3 rings (SSSR count). The fourth-order valence-corrected chi connectivity index (χ4v) is 2.85. The molecular formula is C10H12BrN3. The van der Waals surface area contributed by atoms with Crippen LogP contribution in [0.15, 0.2) is 10.5 Å². The van der Waals surface area contributed by atoms with Gasteiger partial charge in [-0.05, 0) is 24.2 Å². The Morgan fingerprint density at radius 2 is 2.07 bits per heavy atom. The van der Waals surface area contributed by atoms with Gasteiger partial charge in [-0.15, -0.1) is 0 Å². The highest BCUT2D eigenvalue weighted by Gasteiger charge is 2.25. The van der Waals surface area contributed by atoms with E-state index >= 15 is 0 Å². The van der Waals surface area contributed by atoms with Crippen molar-refractivity contribution in [2.75, 3.05) is 24.3 Å². The third kappa shape index (κ3) is 1.07. The second-order valence-corrected chi connectivity index (χ2v) is 4.80. The molecule has 2 aliphatic rings. The zero-order valence-corrected chi connectivity index (χ0v) is 9.61. The molecule has 1 aromatic carbocycles. The Balaban J connectivity index is 2.22. The summed E-state index contributed by atoms with van der Waals surface area (Å²) in [4.78, 5) is 2.33. The third-order valence-electron chi connectivity index (χ3n) is 2.89. The van der Waals surface area contributed by atoms with Crippen LogP contribution in [0.5, 0.6) is 0 Å². The Kier molecular flexibility index (Phi) is 1.76. The van der Waals surface area contributed by atoms with Crippen LogP contribution < -0.4 is 10.6 Å². The van der Waals surface area contributed by atoms with Gasteiger partial charge in [0.25, 0.3) is 0 Å². The predicted octanol–water partition coefficient (Wildman–Crippen LogP) is 2.19. The molecule has 74 valence electrons. The van der Waals surface area contributed by atoms with Crippen molar-refractivity contribution < 1.29 is 0 Å². The highest BCUT2D eigenvalue weighted by molar-refractivity contribution is 9.10. The third-order valence-corrected chi connectivity index (χ3v) is 3.60. The van der Waals surface area contributed by atoms with Gasteiger partial charge in [0.1, 0.15) is 0 Å². The van der Waals surface area contributed by atoms with Crippen LogP contribution in [0.25, 0.3) is 0 Å². The van der Waals surface area contributed by atoms with E-state index in [1.165, 1.54) is 27.0 Å². The summed E-state index contributed by atoms with van der Waals surface area (Å²) in [6.07, 6.45) is 0. The topological polar surface area (TPSA) is 27.3 Å². The van der Waals surface area contributed by atoms with Crippen LogP contribution >= 0.6 is 15.9 Å². The van der Waals surface area contributed by atoms with E-state index in [0.717, 1.165) is 19.8 Å². The molecule has 0 saturated heterocycles. The lowest BCUT2D eigenvalue weighted by molar-refractivity contribution is 0.353. The van der Waals surface area contributed by atoms with Crippen LogP contribution in [0.3, 0.4) is 0 Å². The summed E-state index contributed by atoms with van der Waals surface area (Å²) in [5.74, 6) is 0. The first-order chi connectivity index (χ1) is 6.75. The van der Waals surface area contributed by atoms with Gasteiger partial charge in [0, 0.05) is 17.6 Å². The van der Waals surface area contributed by atoms with E-state index in [9.17, 15) is 0 Å². The largest absolute Gasteiger partial charge is 0.366 e. The second kappa shape index (κ2) is 2.87. The zero-order chi connectivity index (χ0) is 9.71. The number of benzene rings is 1. The minimum Gasteiger partial charge on any atom is -0.366 e. The average molecular weight is 254 g/mol. The van der Waals surface area contributed by atoms with Crippen LogP contribution in [-0.4, -0.2) is 18.6 Å². The lowest BCUT2D eigenvalue weighted by atomic mass is 10.1. The molecule has 14 heavy (non-hydrogen) atoms. The van der Waals surface area contributed by atoms with Crippen molar-refractivity contribution in [1.29, 1.82) is 0 Å². The maximum Gasteiger partial charge on any atom is 0.0850 e. The van der Waals surface area contributed by atoms with Gasteiger partial charge >= 0.3 is 0 Å². The minimum atomic E-state index is 0.849. The van der Waals surface area contributed by atoms with E-state index in [2.05, 4.69) is 44.6 Å². The van der Waals surface area contributed by atoms with E-state index in [1.54, 1.807) is 0 Å². The van der Waals surface area contributed by atoms with Crippen LogP contribution in [0, 0.1) is 0 Å². The van der Waals surface area contributed by atoms with Crippen LogP contribution in [0.2, 0.25) is 0 Å². The zero-order valence-electron chi connectivity index (χ0n) is 8.02. The quantitative estimate of drug-likeness (QED) is 0.743. The van der Waals surface area contributed by atoms with Crippen molar-refractivity contribution in [2.24, 2.45) is 0 Å². The molecule has 2 heterocycles. The average Bonchev–Trinajstić information content (AvgIpc) is 2.69. The van der Waals surface area contributed by atoms with Crippen LogP contribution in [0.4, 0.5) is 11.4 Å². The highest BCUT2D eigenvalue weighted by atomic mass is 79.9. The van der Waals surface area contributed by atoms with Gasteiger partial charge in [-0.1, -0.05) is 15.9 Å². The number of hydrogen-bond donors (Lipinski definition) is 2. The summed E-state index contributed by atoms with van der Waals surface area (Å²) in [7, 11) is 2.15. The Morgan fingerprint density at radius 3 is 2.93 bits per heavy atom. The van der Waals surface area contributed by atoms with Crippen molar-refractivity contribution in [2.45, 2.75) is 13.1 Å². The van der Waals surface area contributed by atoms with Crippen molar-refractivity contribution in [3.05, 3.63) is 21.7 Å². The molecule has 3 nitrogen and oxygen atoms in total. The summed E-state index contributed by atoms with van der Waals surface area (Å²) in [6, 6.07) is 2.17. The minimum absolute atomic E-state index is 0.849. The number of rotatable bonds is 0. The maximum atomic E-state index is 3.63. The Morgan fingerprint density at radius 1 is 1.29 bits per heavy atom. The monoisotopic (exact) mass is 253 g/mol. The van der Waals surface area contributed by atoms with Gasteiger partial charge in [0.15, 0.2) is 0 Å². The van der Waals surface area contributed by atoms with Crippen molar-refractivity contribution in [3.63, 3.8) is 0 Å². The second-order valence-electron chi connectivity index (χ2n) is 3.94. The number of anilines is 2. The molecular weight excluding hydrogens is 242 g/mol. The molecule has 0 amide bonds. The van der Waals surface area contributed by atoms with Crippen molar-refractivity contribution >= 4 is 27.3 Å². The summed E-state index contributed by atoms with van der Waals surface area (Å²) in [5, 5.41) is 6.72. The first-order valence-electron chi connectivity index (χ1n) is 4.76. The molecule has 0 spiro atoms. The first kappa shape index (κ1) is 8.56. The summed E-state index contributed by atoms with van der Waals surface area (Å²) in [6.45, 7) is 2.94. The number of nitrogens with zero attached hydrogens (tertiary/aromatic N) is 1. The van der Waals surface area contributed by atoms with Gasteiger partial charge in [0.05, 0.1) is 18.0 Å². The van der Waals surface area contributed by atoms with E-state index in [0.29, 0.717) is 0 Å². The first-order valence-corrected chi connectivity index (χ1v) is 5.55. The molecule has 1 aromatic rings. The fraction of sp³-hybridized carbons (Fsp3) is 0.400. The van der Waals surface area contributed by atoms with Crippen LogP contribution in [0.1, 0.15) is 11.1 Å². The number of halogens is 1. The molecule has 0 saturated carbocycles. The Labute approximate surface area is 91.6 Å². The molecule has 0 bridgehead atoms. The van der Waals surface area contributed by atoms with E-state index < -0.39 is 0 Å². The summed E-state index contributed by atoms with van der Waals surface area (Å²) >= 11 is 3.63. The van der Waals surface area contributed by atoms with E-state index in [-0.39, 0.29) is 0 Å². The van der Waals surface area contributed by atoms with Gasteiger partial charge in [-0.2, -0.15) is 0 Å². The van der Waals surface area contributed by atoms with Gasteiger partial charge in [-0.3, -0.25) is 4.90 Å². The standard InChI is InChI=1S/C10H12BrN3/c1-14-3-6-7(4-14)10-9(2-8(6)11)12-5-13-10/h2,12-13H,3-5H2,1H3. The lowest BCUT2D eigenvalue weighted by Crippen LogP contribution is -2.08. The van der Waals surface area contributed by atoms with Gasteiger partial charge < -0.3 is 10.6 Å². The van der Waals surface area contributed by atoms with Crippen molar-refractivity contribution in [3.8, 4) is 0 Å². The van der Waals surface area contributed by atoms with Crippen molar-refractivity contribution in [1.82, 2.24) is 4.90 Å². The molecule has 0 unspecified atom stereocenters. The number of fused-ring (bicyclic) bond motifs is 3. The van der Waals surface area contributed by atoms with E-state index in [4.69, 9.17) is 0 Å². The smallest absolute Gasteiger partial charge is 0.0850 e. The maximum absolute atomic E-state index is 3.63. The van der Waals surface area contributed by atoms with Gasteiger partial charge in [0.2, 0.25) is 0 Å². The molecule has 4 heteroatoms. The molecule has 0 radical (unpaired) electrons. The number of hydrogen-bond acceptors (Lipinski definition) is 3. The molecule has 0 aliphatic carbocycles. The molecule has 0 fully saturated rings. The Bertz CT molecular complexity index is 403. The van der Waals surface area contributed by atoms with Crippen LogP contribution in [-0.2, 0) is 13.1 Å². The highest BCUT2D eigenvalue weighted by Crippen LogP contribution is 2.41. The lowest BCUT2D eigenvalue weighted by Gasteiger charge is -2.07. The van der Waals surface area contributed by atoms with Gasteiger partial charge in [-0.25, -0.2) is 0 Å². The summed E-state index contributed by atoms with van der Waals surface area (Å²) < 4.78 is 1.23.